The molecule has 6 nitrogen and oxygen atoms in total. The number of aliphatic hydroxyl groups is 1. The van der Waals surface area contributed by atoms with Gasteiger partial charge in [0.15, 0.2) is 6.04 Å². The van der Waals surface area contributed by atoms with Gasteiger partial charge >= 0.3 is 12.1 Å². The monoisotopic (exact) mass is 295 g/mol. The fourth-order valence-electron chi connectivity index (χ4n) is 1.81. The van der Waals surface area contributed by atoms with Gasteiger partial charge < -0.3 is 20.3 Å². The Morgan fingerprint density at radius 2 is 1.81 bits per heavy atom. The van der Waals surface area contributed by atoms with Crippen LogP contribution in [-0.4, -0.2) is 33.9 Å². The molecule has 6 heteroatoms. The topological polar surface area (TPSA) is 95.9 Å². The van der Waals surface area contributed by atoms with Gasteiger partial charge in [0.2, 0.25) is 0 Å². The van der Waals surface area contributed by atoms with E-state index in [2.05, 4.69) is 5.32 Å². The molecule has 1 rings (SSSR count). The summed E-state index contributed by atoms with van der Waals surface area (Å²) in [5, 5.41) is 21.6. The standard InChI is InChI=1S/C15H21NO5/c1-9-7-5-6-8-10(9)12(17)11(13(18)19)16-14(20)21-15(2,3)4/h5-8,11-12,17H,1-4H3,(H,16,20)(H,18,19)/t11-,12-/m0/s1. The van der Waals surface area contributed by atoms with Gasteiger partial charge in [0, 0.05) is 0 Å². The number of aliphatic carboxylic acids is 1. The van der Waals surface area contributed by atoms with E-state index in [1.165, 1.54) is 0 Å². The summed E-state index contributed by atoms with van der Waals surface area (Å²) < 4.78 is 5.01. The van der Waals surface area contributed by atoms with Crippen LogP contribution in [0.1, 0.15) is 38.0 Å². The van der Waals surface area contributed by atoms with Crippen molar-refractivity contribution in [1.82, 2.24) is 5.32 Å². The average molecular weight is 295 g/mol. The molecule has 0 aromatic heterocycles. The van der Waals surface area contributed by atoms with Gasteiger partial charge in [0.25, 0.3) is 0 Å². The Balaban J connectivity index is 2.90. The Kier molecular flexibility index (Phi) is 5.32. The number of aliphatic hydroxyl groups excluding tert-OH is 1. The molecule has 0 bridgehead atoms. The Hall–Kier alpha value is -2.08. The molecule has 0 saturated heterocycles. The van der Waals surface area contributed by atoms with E-state index in [1.54, 1.807) is 52.0 Å². The van der Waals surface area contributed by atoms with E-state index in [4.69, 9.17) is 4.74 Å². The number of hydrogen-bond acceptors (Lipinski definition) is 4. The van der Waals surface area contributed by atoms with Gasteiger partial charge in [-0.25, -0.2) is 9.59 Å². The zero-order valence-corrected chi connectivity index (χ0v) is 12.6. The van der Waals surface area contributed by atoms with E-state index in [0.717, 1.165) is 5.56 Å². The van der Waals surface area contributed by atoms with Crippen molar-refractivity contribution in [2.24, 2.45) is 0 Å². The SMILES string of the molecule is Cc1ccccc1[C@H](O)[C@H](NC(=O)OC(C)(C)C)C(=O)O. The van der Waals surface area contributed by atoms with Crippen LogP contribution in [0, 0.1) is 6.92 Å². The van der Waals surface area contributed by atoms with E-state index in [-0.39, 0.29) is 0 Å². The van der Waals surface area contributed by atoms with E-state index in [9.17, 15) is 19.8 Å². The number of hydrogen-bond donors (Lipinski definition) is 3. The molecule has 0 saturated carbocycles. The Bertz CT molecular complexity index is 521. The largest absolute Gasteiger partial charge is 0.480 e. The molecule has 21 heavy (non-hydrogen) atoms. The maximum Gasteiger partial charge on any atom is 0.408 e. The zero-order valence-electron chi connectivity index (χ0n) is 12.6. The van der Waals surface area contributed by atoms with Crippen molar-refractivity contribution in [3.8, 4) is 0 Å². The lowest BCUT2D eigenvalue weighted by Crippen LogP contribution is -2.47. The second kappa shape index (κ2) is 6.58. The van der Waals surface area contributed by atoms with Crippen molar-refractivity contribution in [3.05, 3.63) is 35.4 Å². The normalized spacial score (nSPS) is 14.1. The highest BCUT2D eigenvalue weighted by Crippen LogP contribution is 2.21. The average Bonchev–Trinajstić information content (AvgIpc) is 2.33. The number of carboxylic acids is 1. The molecule has 0 aliphatic rings. The molecule has 0 unspecified atom stereocenters. The van der Waals surface area contributed by atoms with Crippen LogP contribution in [0.15, 0.2) is 24.3 Å². The lowest BCUT2D eigenvalue weighted by molar-refractivity contribution is -0.142. The van der Waals surface area contributed by atoms with E-state index < -0.39 is 29.8 Å². The fourth-order valence-corrected chi connectivity index (χ4v) is 1.81. The molecular formula is C15H21NO5. The third-order valence-electron chi connectivity index (χ3n) is 2.76. The van der Waals surface area contributed by atoms with Crippen molar-refractivity contribution < 1.29 is 24.5 Å². The summed E-state index contributed by atoms with van der Waals surface area (Å²) in [7, 11) is 0. The number of rotatable bonds is 4. The highest BCUT2D eigenvalue weighted by molar-refractivity contribution is 5.81. The van der Waals surface area contributed by atoms with Gasteiger partial charge in [-0.3, -0.25) is 0 Å². The van der Waals surface area contributed by atoms with Crippen LogP contribution < -0.4 is 5.32 Å². The molecule has 1 aromatic rings. The third kappa shape index (κ3) is 5.07. The Labute approximate surface area is 123 Å². The van der Waals surface area contributed by atoms with Crippen LogP contribution in [-0.2, 0) is 9.53 Å². The molecule has 0 aliphatic carbocycles. The Morgan fingerprint density at radius 1 is 1.24 bits per heavy atom. The number of aryl methyl sites for hydroxylation is 1. The van der Waals surface area contributed by atoms with Crippen LogP contribution in [0.25, 0.3) is 0 Å². The fraction of sp³-hybridized carbons (Fsp3) is 0.467. The highest BCUT2D eigenvalue weighted by atomic mass is 16.6. The molecule has 0 heterocycles. The first-order valence-electron chi connectivity index (χ1n) is 6.58. The lowest BCUT2D eigenvalue weighted by atomic mass is 9.98. The van der Waals surface area contributed by atoms with E-state index in [1.807, 2.05) is 0 Å². The van der Waals surface area contributed by atoms with Crippen LogP contribution >= 0.6 is 0 Å². The van der Waals surface area contributed by atoms with Crippen molar-refractivity contribution >= 4 is 12.1 Å². The minimum Gasteiger partial charge on any atom is -0.480 e. The first-order valence-corrected chi connectivity index (χ1v) is 6.58. The number of amides is 1. The molecule has 1 aromatic carbocycles. The summed E-state index contributed by atoms with van der Waals surface area (Å²) in [6.07, 6.45) is -2.25. The number of alkyl carbamates (subject to hydrolysis) is 1. The smallest absolute Gasteiger partial charge is 0.408 e. The summed E-state index contributed by atoms with van der Waals surface area (Å²) in [6.45, 7) is 6.76. The van der Waals surface area contributed by atoms with Crippen LogP contribution in [0.3, 0.4) is 0 Å². The summed E-state index contributed by atoms with van der Waals surface area (Å²) >= 11 is 0. The summed E-state index contributed by atoms with van der Waals surface area (Å²) in [6, 6.07) is 5.36. The molecule has 0 radical (unpaired) electrons. The number of carbonyl (C=O) groups is 2. The van der Waals surface area contributed by atoms with Crippen LogP contribution in [0.4, 0.5) is 4.79 Å². The number of ether oxygens (including phenoxy) is 1. The first kappa shape index (κ1) is 17.0. The molecule has 0 spiro atoms. The van der Waals surface area contributed by atoms with Crippen molar-refractivity contribution in [2.45, 2.75) is 45.4 Å². The molecule has 3 N–H and O–H groups in total. The maximum absolute atomic E-state index is 11.7. The zero-order chi connectivity index (χ0) is 16.2. The molecule has 116 valence electrons. The molecular weight excluding hydrogens is 274 g/mol. The number of benzene rings is 1. The summed E-state index contributed by atoms with van der Waals surface area (Å²) in [4.78, 5) is 23.0. The van der Waals surface area contributed by atoms with Gasteiger partial charge in [-0.1, -0.05) is 24.3 Å². The van der Waals surface area contributed by atoms with E-state index >= 15 is 0 Å². The second-order valence-corrected chi connectivity index (χ2v) is 5.76. The number of carboxylic acid groups (broad SMARTS) is 1. The predicted octanol–water partition coefficient (Wildman–Crippen LogP) is 2.01. The number of nitrogens with one attached hydrogen (secondary N) is 1. The molecule has 1 amide bonds. The highest BCUT2D eigenvalue weighted by Gasteiger charge is 2.31. The minimum absolute atomic E-state index is 0.445. The summed E-state index contributed by atoms with van der Waals surface area (Å²) in [5.74, 6) is -1.34. The van der Waals surface area contributed by atoms with Crippen molar-refractivity contribution in [3.63, 3.8) is 0 Å². The van der Waals surface area contributed by atoms with Crippen molar-refractivity contribution in [1.29, 1.82) is 0 Å². The predicted molar refractivity (Wildman–Crippen MR) is 76.9 cm³/mol. The van der Waals surface area contributed by atoms with Crippen LogP contribution in [0.5, 0.6) is 0 Å². The van der Waals surface area contributed by atoms with Crippen LogP contribution in [0.2, 0.25) is 0 Å². The first-order chi connectivity index (χ1) is 9.61. The van der Waals surface area contributed by atoms with Gasteiger partial charge in [-0.15, -0.1) is 0 Å². The quantitative estimate of drug-likeness (QED) is 0.789. The second-order valence-electron chi connectivity index (χ2n) is 5.76. The van der Waals surface area contributed by atoms with Gasteiger partial charge in [-0.2, -0.15) is 0 Å². The third-order valence-corrected chi connectivity index (χ3v) is 2.76. The van der Waals surface area contributed by atoms with Gasteiger partial charge in [-0.05, 0) is 38.8 Å². The molecule has 2 atom stereocenters. The van der Waals surface area contributed by atoms with Crippen molar-refractivity contribution in [2.75, 3.05) is 0 Å². The van der Waals surface area contributed by atoms with Gasteiger partial charge in [0.1, 0.15) is 11.7 Å². The maximum atomic E-state index is 11.7. The number of carbonyl (C=O) groups excluding carboxylic acids is 1. The summed E-state index contributed by atoms with van der Waals surface area (Å²) in [5.41, 5.74) is 0.434. The molecule has 0 aliphatic heterocycles. The van der Waals surface area contributed by atoms with Gasteiger partial charge in [0.05, 0.1) is 0 Å². The minimum atomic E-state index is -1.49. The van der Waals surface area contributed by atoms with E-state index in [0.29, 0.717) is 5.56 Å². The Morgan fingerprint density at radius 3 is 2.29 bits per heavy atom. The lowest BCUT2D eigenvalue weighted by Gasteiger charge is -2.25. The molecule has 0 fully saturated rings.